The van der Waals surface area contributed by atoms with Crippen LogP contribution >= 0.6 is 45.3 Å². The summed E-state index contributed by atoms with van der Waals surface area (Å²) >= 11 is 6.90. The lowest BCUT2D eigenvalue weighted by Gasteiger charge is -2.03. The minimum Gasteiger partial charge on any atom is -0.259 e. The summed E-state index contributed by atoms with van der Waals surface area (Å²) in [6.07, 6.45) is 5.70. The molecule has 0 amide bonds. The number of thiazole rings is 4. The van der Waals surface area contributed by atoms with Crippen molar-refractivity contribution in [2.24, 2.45) is 0 Å². The number of aromatic nitrogens is 9. The van der Waals surface area contributed by atoms with Crippen LogP contribution < -0.4 is 0 Å². The highest BCUT2D eigenvalue weighted by molar-refractivity contribution is 7.19. The normalized spacial score (nSPS) is 11.9. The number of hydrogen-bond donors (Lipinski definition) is 0. The Morgan fingerprint density at radius 1 is 0.367 bits per heavy atom. The second-order valence-electron chi connectivity index (χ2n) is 17.6. The van der Waals surface area contributed by atoms with E-state index in [9.17, 15) is 0 Å². The zero-order chi connectivity index (χ0) is 44.0. The smallest absolute Gasteiger partial charge is 0.190 e. The van der Waals surface area contributed by atoms with Gasteiger partial charge >= 0.3 is 0 Å². The largest absolute Gasteiger partial charge is 0.259 e. The molecule has 320 valence electrons. The molecule has 8 aromatic rings. The molecule has 7 aromatic heterocycles. The van der Waals surface area contributed by atoms with Crippen molar-refractivity contribution in [3.8, 4) is 0 Å². The van der Waals surface area contributed by atoms with Crippen molar-refractivity contribution in [1.29, 1.82) is 0 Å². The molecule has 0 bridgehead atoms. The Labute approximate surface area is 373 Å². The van der Waals surface area contributed by atoms with Crippen LogP contribution in [0.25, 0.3) is 41.3 Å². The monoisotopic (exact) mass is 881 g/mol. The van der Waals surface area contributed by atoms with Gasteiger partial charge in [-0.1, -0.05) is 128 Å². The van der Waals surface area contributed by atoms with Gasteiger partial charge in [0.05, 0.1) is 63.3 Å². The number of fused-ring (bicyclic) bond motifs is 4. The van der Waals surface area contributed by atoms with Gasteiger partial charge in [0, 0.05) is 41.5 Å². The molecule has 0 fully saturated rings. The second-order valence-corrected chi connectivity index (χ2v) is 21.8. The third-order valence-electron chi connectivity index (χ3n) is 9.43. The minimum atomic E-state index is 0.360. The Bertz CT molecular complexity index is 2220. The van der Waals surface area contributed by atoms with E-state index in [2.05, 4.69) is 180 Å². The summed E-state index contributed by atoms with van der Waals surface area (Å²) in [4.78, 5) is 41.4. The molecule has 0 unspecified atom stereocenters. The van der Waals surface area contributed by atoms with Crippen molar-refractivity contribution >= 4 is 86.6 Å². The number of pyridine rings is 1. The maximum absolute atomic E-state index is 4.67. The summed E-state index contributed by atoms with van der Waals surface area (Å²) in [7, 11) is 0. The van der Waals surface area contributed by atoms with Crippen molar-refractivity contribution in [2.45, 2.75) is 158 Å². The number of rotatable bonds is 8. The third-order valence-corrected chi connectivity index (χ3v) is 14.6. The summed E-state index contributed by atoms with van der Waals surface area (Å²) < 4.78 is 3.59. The number of hydrogen-bond acceptors (Lipinski definition) is 13. The van der Waals surface area contributed by atoms with Gasteiger partial charge in [-0.05, 0) is 41.5 Å². The fraction of sp³-hybridized carbons (Fsp3) is 0.511. The van der Waals surface area contributed by atoms with Crippen LogP contribution in [0.5, 0.6) is 0 Å². The maximum atomic E-state index is 4.67. The van der Waals surface area contributed by atoms with Crippen molar-refractivity contribution in [3.63, 3.8) is 0 Å². The van der Waals surface area contributed by atoms with Gasteiger partial charge in [-0.15, -0.1) is 34.0 Å². The first-order valence-electron chi connectivity index (χ1n) is 21.2. The number of benzene rings is 1. The molecule has 0 aliphatic rings. The molecule has 9 nitrogen and oxygen atoms in total. The maximum Gasteiger partial charge on any atom is 0.190 e. The Hall–Kier alpha value is -3.91. The molecule has 1 aromatic carbocycles. The fourth-order valence-corrected chi connectivity index (χ4v) is 9.17. The zero-order valence-corrected chi connectivity index (χ0v) is 41.6. The van der Waals surface area contributed by atoms with Crippen molar-refractivity contribution in [2.75, 3.05) is 0 Å². The summed E-state index contributed by atoms with van der Waals surface area (Å²) in [5.41, 5.74) is 7.43. The van der Waals surface area contributed by atoms with Gasteiger partial charge in [0.2, 0.25) is 0 Å². The van der Waals surface area contributed by atoms with Crippen molar-refractivity contribution < 1.29 is 0 Å². The van der Waals surface area contributed by atoms with Crippen LogP contribution in [-0.2, 0) is 0 Å². The van der Waals surface area contributed by atoms with Gasteiger partial charge in [-0.2, -0.15) is 0 Å². The fourth-order valence-electron chi connectivity index (χ4n) is 5.57. The van der Waals surface area contributed by atoms with Crippen LogP contribution in [0.4, 0.5) is 0 Å². The lowest BCUT2D eigenvalue weighted by Crippen LogP contribution is -1.96. The Balaban J connectivity index is 0.000000152. The quantitative estimate of drug-likeness (QED) is 0.147. The van der Waals surface area contributed by atoms with E-state index < -0.39 is 0 Å². The Morgan fingerprint density at radius 2 is 0.883 bits per heavy atom. The molecule has 0 aliphatic heterocycles. The van der Waals surface area contributed by atoms with Crippen LogP contribution in [0.1, 0.15) is 201 Å². The Morgan fingerprint density at radius 3 is 1.45 bits per heavy atom. The van der Waals surface area contributed by atoms with Crippen LogP contribution in [0.2, 0.25) is 0 Å². The lowest BCUT2D eigenvalue weighted by atomic mass is 10.0. The van der Waals surface area contributed by atoms with E-state index in [1.165, 1.54) is 25.0 Å². The standard InChI is InChI=1S/C13H17NS.C12H16N2S.2C11H15N3S/c1-8(2)10-5-6-12-11(7-10)14-13(15-12)9(3)4;1-7(2)9-5-10-11(6-13-9)15-12(14-10)8(3)4;1-6(2)9-12-5-8-10(13-9)14-11(15-8)7(3)4;1-6(2)8-5-12-11-9(13-8)14-10(15-11)7(3)4/h5-9H,1-4H3;5-8H,1-4H3;2*5-7H,1-4H3. The first kappa shape index (κ1) is 47.1. The SMILES string of the molecule is CC(C)c1cc2nc(C(C)C)sc2cn1.CC(C)c1ccc2sc(C(C)C)nc2c1.CC(C)c1cnc2sc(C(C)C)nc2n1.CC(C)c1ncc2sc(C(C)C)nc2n1. The van der Waals surface area contributed by atoms with E-state index in [0.717, 1.165) is 59.1 Å². The minimum absolute atomic E-state index is 0.360. The molecule has 0 spiro atoms. The molecular weight excluding hydrogens is 819 g/mol. The van der Waals surface area contributed by atoms with E-state index in [4.69, 9.17) is 0 Å². The second kappa shape index (κ2) is 20.8. The third kappa shape index (κ3) is 12.1. The van der Waals surface area contributed by atoms with Gasteiger partial charge in [-0.3, -0.25) is 4.98 Å². The molecule has 60 heavy (non-hydrogen) atoms. The highest BCUT2D eigenvalue weighted by Crippen LogP contribution is 2.31. The first-order valence-corrected chi connectivity index (χ1v) is 24.5. The van der Waals surface area contributed by atoms with Crippen LogP contribution in [0.3, 0.4) is 0 Å². The van der Waals surface area contributed by atoms with Gasteiger partial charge in [0.1, 0.15) is 5.82 Å². The van der Waals surface area contributed by atoms with Crippen LogP contribution in [0, 0.1) is 0 Å². The molecular formula is C47H63N9S4. The van der Waals surface area contributed by atoms with E-state index in [1.807, 2.05) is 29.9 Å². The average molecular weight is 882 g/mol. The molecule has 7 heterocycles. The van der Waals surface area contributed by atoms with Crippen LogP contribution in [-0.4, -0.2) is 44.9 Å². The summed E-state index contributed by atoms with van der Waals surface area (Å²) in [5, 5.41) is 4.70. The Kier molecular flexibility index (Phi) is 16.3. The predicted molar refractivity (Wildman–Crippen MR) is 260 cm³/mol. The van der Waals surface area contributed by atoms with Gasteiger partial charge in [-0.25, -0.2) is 39.9 Å². The lowest BCUT2D eigenvalue weighted by molar-refractivity contribution is 0.780. The molecule has 0 atom stereocenters. The van der Waals surface area contributed by atoms with Gasteiger partial charge in [0.25, 0.3) is 0 Å². The zero-order valence-electron chi connectivity index (χ0n) is 38.3. The average Bonchev–Trinajstić information content (AvgIpc) is 4.01. The molecule has 13 heteroatoms. The van der Waals surface area contributed by atoms with E-state index in [-0.39, 0.29) is 0 Å². The summed E-state index contributed by atoms with van der Waals surface area (Å²) in [6, 6.07) is 8.76. The molecule has 0 aliphatic carbocycles. The molecule has 0 saturated carbocycles. The topological polar surface area (TPSA) is 116 Å². The number of nitrogens with zero attached hydrogens (tertiary/aromatic N) is 9. The summed E-state index contributed by atoms with van der Waals surface area (Å²) in [6.45, 7) is 34.5. The molecule has 0 N–H and O–H groups in total. The predicted octanol–water partition coefficient (Wildman–Crippen LogP) is 15.1. The van der Waals surface area contributed by atoms with Crippen molar-refractivity contribution in [1.82, 2.24) is 44.9 Å². The van der Waals surface area contributed by atoms with E-state index in [0.29, 0.717) is 47.3 Å². The highest BCUT2D eigenvalue weighted by Gasteiger charge is 2.14. The van der Waals surface area contributed by atoms with E-state index in [1.54, 1.807) is 34.0 Å². The highest BCUT2D eigenvalue weighted by atomic mass is 32.1. The van der Waals surface area contributed by atoms with Gasteiger partial charge < -0.3 is 0 Å². The first-order chi connectivity index (χ1) is 28.3. The van der Waals surface area contributed by atoms with E-state index >= 15 is 0 Å². The molecule has 0 radical (unpaired) electrons. The summed E-state index contributed by atoms with van der Waals surface area (Å²) in [5.74, 6) is 4.65. The van der Waals surface area contributed by atoms with Crippen molar-refractivity contribution in [3.05, 3.63) is 85.7 Å². The molecule has 0 saturated heterocycles. The van der Waals surface area contributed by atoms with Crippen LogP contribution in [0.15, 0.2) is 42.9 Å². The molecule has 8 rings (SSSR count). The van der Waals surface area contributed by atoms with Gasteiger partial charge in [0.15, 0.2) is 16.1 Å².